The second kappa shape index (κ2) is 7.08. The molecule has 0 saturated carbocycles. The Morgan fingerprint density at radius 3 is 2.85 bits per heavy atom. The van der Waals surface area contributed by atoms with Crippen LogP contribution in [0.15, 0.2) is 5.38 Å². The first-order valence-electron chi connectivity index (χ1n) is 3.59. The number of nitrogen functional groups attached to an aromatic ring is 1. The Morgan fingerprint density at radius 2 is 2.31 bits per heavy atom. The number of thiazole rings is 1. The van der Waals surface area contributed by atoms with E-state index in [1.165, 1.54) is 11.3 Å². The molecule has 0 radical (unpaired) electrons. The SMILES string of the molecule is COCCOCc1csc(N)n1.Cl. The van der Waals surface area contributed by atoms with Gasteiger partial charge in [0.25, 0.3) is 0 Å². The predicted octanol–water partition coefficient (Wildman–Crippen LogP) is 1.31. The van der Waals surface area contributed by atoms with E-state index in [2.05, 4.69) is 4.98 Å². The van der Waals surface area contributed by atoms with Crippen LogP contribution in [0.2, 0.25) is 0 Å². The van der Waals surface area contributed by atoms with Crippen molar-refractivity contribution in [1.82, 2.24) is 4.98 Å². The molecular formula is C7H13ClN2O2S. The fourth-order valence-corrected chi connectivity index (χ4v) is 1.26. The molecule has 0 amide bonds. The summed E-state index contributed by atoms with van der Waals surface area (Å²) in [4.78, 5) is 4.04. The Morgan fingerprint density at radius 1 is 1.54 bits per heavy atom. The molecule has 2 N–H and O–H groups in total. The number of hydrogen-bond acceptors (Lipinski definition) is 5. The number of anilines is 1. The van der Waals surface area contributed by atoms with Gasteiger partial charge in [-0.25, -0.2) is 4.98 Å². The van der Waals surface area contributed by atoms with Gasteiger partial charge in [-0.05, 0) is 0 Å². The summed E-state index contributed by atoms with van der Waals surface area (Å²) >= 11 is 1.42. The summed E-state index contributed by atoms with van der Waals surface area (Å²) < 4.78 is 10.1. The number of aromatic nitrogens is 1. The smallest absolute Gasteiger partial charge is 0.180 e. The number of rotatable bonds is 5. The molecule has 0 saturated heterocycles. The lowest BCUT2D eigenvalue weighted by Crippen LogP contribution is -2.01. The molecule has 4 nitrogen and oxygen atoms in total. The predicted molar refractivity (Wildman–Crippen MR) is 55.3 cm³/mol. The molecule has 0 aromatic carbocycles. The van der Waals surface area contributed by atoms with Gasteiger partial charge in [0.2, 0.25) is 0 Å². The maximum absolute atomic E-state index is 5.44. The summed E-state index contributed by atoms with van der Waals surface area (Å²) in [6, 6.07) is 0. The van der Waals surface area contributed by atoms with Crippen LogP contribution in [0.25, 0.3) is 0 Å². The van der Waals surface area contributed by atoms with Crippen LogP contribution in [0.4, 0.5) is 5.13 Å². The summed E-state index contributed by atoms with van der Waals surface area (Å²) in [5, 5.41) is 2.47. The van der Waals surface area contributed by atoms with Crippen LogP contribution in [0.3, 0.4) is 0 Å². The zero-order valence-corrected chi connectivity index (χ0v) is 8.99. The standard InChI is InChI=1S/C7H12N2O2S.ClH/c1-10-2-3-11-4-6-5-12-7(8)9-6;/h5H,2-4H2,1H3,(H2,8,9);1H. The highest BCUT2D eigenvalue weighted by Crippen LogP contribution is 2.11. The molecule has 1 aromatic rings. The third-order valence-corrected chi connectivity index (χ3v) is 1.97. The van der Waals surface area contributed by atoms with Crippen LogP contribution in [-0.2, 0) is 16.1 Å². The van der Waals surface area contributed by atoms with E-state index in [1.807, 2.05) is 5.38 Å². The van der Waals surface area contributed by atoms with Gasteiger partial charge in [0.15, 0.2) is 5.13 Å². The van der Waals surface area contributed by atoms with Crippen molar-refractivity contribution < 1.29 is 9.47 Å². The van der Waals surface area contributed by atoms with E-state index in [-0.39, 0.29) is 12.4 Å². The van der Waals surface area contributed by atoms with Crippen molar-refractivity contribution in [2.45, 2.75) is 6.61 Å². The van der Waals surface area contributed by atoms with E-state index in [0.29, 0.717) is 25.0 Å². The molecule has 0 aliphatic carbocycles. The van der Waals surface area contributed by atoms with Crippen LogP contribution >= 0.6 is 23.7 Å². The summed E-state index contributed by atoms with van der Waals surface area (Å²) in [7, 11) is 1.64. The molecule has 0 fully saturated rings. The number of ether oxygens (including phenoxy) is 2. The lowest BCUT2D eigenvalue weighted by Gasteiger charge is -1.99. The molecule has 0 aliphatic heterocycles. The third-order valence-electron chi connectivity index (χ3n) is 1.25. The molecule has 0 spiro atoms. The summed E-state index contributed by atoms with van der Waals surface area (Å²) in [5.41, 5.74) is 6.32. The molecule has 0 unspecified atom stereocenters. The van der Waals surface area contributed by atoms with Gasteiger partial charge in [-0.1, -0.05) is 0 Å². The van der Waals surface area contributed by atoms with Gasteiger partial charge in [-0.2, -0.15) is 0 Å². The highest BCUT2D eigenvalue weighted by molar-refractivity contribution is 7.13. The van der Waals surface area contributed by atoms with E-state index < -0.39 is 0 Å². The monoisotopic (exact) mass is 224 g/mol. The van der Waals surface area contributed by atoms with E-state index >= 15 is 0 Å². The number of nitrogens with two attached hydrogens (primary N) is 1. The van der Waals surface area contributed by atoms with Crippen molar-refractivity contribution in [1.29, 1.82) is 0 Å². The van der Waals surface area contributed by atoms with Gasteiger partial charge < -0.3 is 15.2 Å². The lowest BCUT2D eigenvalue weighted by molar-refractivity contribution is 0.0604. The van der Waals surface area contributed by atoms with Gasteiger partial charge in [0.1, 0.15) is 0 Å². The molecule has 1 rings (SSSR count). The Hall–Kier alpha value is -0.360. The van der Waals surface area contributed by atoms with Gasteiger partial charge in [0.05, 0.1) is 25.5 Å². The van der Waals surface area contributed by atoms with Crippen molar-refractivity contribution in [2.75, 3.05) is 26.1 Å². The molecule has 0 aliphatic rings. The number of nitrogens with zero attached hydrogens (tertiary/aromatic N) is 1. The Bertz CT molecular complexity index is 232. The number of hydrogen-bond donors (Lipinski definition) is 1. The van der Waals surface area contributed by atoms with Gasteiger partial charge >= 0.3 is 0 Å². The van der Waals surface area contributed by atoms with Crippen molar-refractivity contribution in [3.8, 4) is 0 Å². The summed E-state index contributed by atoms with van der Waals surface area (Å²) in [5.74, 6) is 0. The minimum absolute atomic E-state index is 0. The molecule has 13 heavy (non-hydrogen) atoms. The average Bonchev–Trinajstić information content (AvgIpc) is 2.45. The highest BCUT2D eigenvalue weighted by Gasteiger charge is 1.97. The second-order valence-electron chi connectivity index (χ2n) is 2.22. The zero-order chi connectivity index (χ0) is 8.81. The van der Waals surface area contributed by atoms with Crippen LogP contribution < -0.4 is 5.73 Å². The molecular weight excluding hydrogens is 212 g/mol. The van der Waals surface area contributed by atoms with Crippen molar-refractivity contribution in [3.05, 3.63) is 11.1 Å². The van der Waals surface area contributed by atoms with Gasteiger partial charge in [0, 0.05) is 12.5 Å². The molecule has 0 bridgehead atoms. The van der Waals surface area contributed by atoms with Crippen molar-refractivity contribution in [2.24, 2.45) is 0 Å². The van der Waals surface area contributed by atoms with Gasteiger partial charge in [-0.3, -0.25) is 0 Å². The zero-order valence-electron chi connectivity index (χ0n) is 7.36. The minimum atomic E-state index is 0. The fraction of sp³-hybridized carbons (Fsp3) is 0.571. The first-order valence-corrected chi connectivity index (χ1v) is 4.47. The quantitative estimate of drug-likeness (QED) is 0.767. The first-order chi connectivity index (χ1) is 5.83. The molecule has 6 heteroatoms. The lowest BCUT2D eigenvalue weighted by atomic mass is 10.5. The van der Waals surface area contributed by atoms with E-state index in [4.69, 9.17) is 15.2 Å². The Kier molecular flexibility index (Phi) is 6.89. The van der Waals surface area contributed by atoms with E-state index in [9.17, 15) is 0 Å². The maximum Gasteiger partial charge on any atom is 0.180 e. The third kappa shape index (κ3) is 5.05. The molecule has 0 atom stereocenters. The van der Waals surface area contributed by atoms with Crippen LogP contribution in [0, 0.1) is 0 Å². The normalized spacial score (nSPS) is 9.62. The van der Waals surface area contributed by atoms with Crippen LogP contribution in [0.5, 0.6) is 0 Å². The second-order valence-corrected chi connectivity index (χ2v) is 3.11. The highest BCUT2D eigenvalue weighted by atomic mass is 35.5. The fourth-order valence-electron chi connectivity index (χ4n) is 0.708. The summed E-state index contributed by atoms with van der Waals surface area (Å²) in [6.45, 7) is 1.71. The topological polar surface area (TPSA) is 57.4 Å². The number of halogens is 1. The number of methoxy groups -OCH3 is 1. The van der Waals surface area contributed by atoms with Crippen molar-refractivity contribution >= 4 is 28.9 Å². The molecule has 76 valence electrons. The van der Waals surface area contributed by atoms with E-state index in [1.54, 1.807) is 7.11 Å². The Balaban J connectivity index is 0.00000144. The van der Waals surface area contributed by atoms with E-state index in [0.717, 1.165) is 5.69 Å². The average molecular weight is 225 g/mol. The van der Waals surface area contributed by atoms with Gasteiger partial charge in [-0.15, -0.1) is 23.7 Å². The first kappa shape index (κ1) is 12.6. The Labute approximate surface area is 87.5 Å². The maximum atomic E-state index is 5.44. The largest absolute Gasteiger partial charge is 0.382 e. The molecule has 1 aromatic heterocycles. The minimum Gasteiger partial charge on any atom is -0.382 e. The summed E-state index contributed by atoms with van der Waals surface area (Å²) in [6.07, 6.45) is 0. The van der Waals surface area contributed by atoms with Crippen molar-refractivity contribution in [3.63, 3.8) is 0 Å². The van der Waals surface area contributed by atoms with Crippen LogP contribution in [-0.4, -0.2) is 25.3 Å². The molecule has 1 heterocycles. The van der Waals surface area contributed by atoms with Crippen LogP contribution in [0.1, 0.15) is 5.69 Å².